The first-order valence-corrected chi connectivity index (χ1v) is 10.2. The molecular formula is C21H34N4O. The zero-order valence-electron chi connectivity index (χ0n) is 16.6. The Kier molecular flexibility index (Phi) is 6.41. The molecule has 1 aromatic carbocycles. The first kappa shape index (κ1) is 19.0. The van der Waals surface area contributed by atoms with E-state index in [0.717, 1.165) is 57.2 Å². The minimum atomic E-state index is 0.00573. The number of nitrogens with zero attached hydrogens (tertiary/aromatic N) is 2. The third-order valence-electron chi connectivity index (χ3n) is 5.66. The summed E-state index contributed by atoms with van der Waals surface area (Å²) in [6.45, 7) is 7.98. The van der Waals surface area contributed by atoms with Crippen molar-refractivity contribution in [3.05, 3.63) is 29.8 Å². The van der Waals surface area contributed by atoms with Crippen molar-refractivity contribution >= 4 is 5.96 Å². The van der Waals surface area contributed by atoms with Gasteiger partial charge in [0, 0.05) is 25.1 Å². The Morgan fingerprint density at radius 1 is 1.27 bits per heavy atom. The molecule has 5 heteroatoms. The number of hydrogen-bond acceptors (Lipinski definition) is 3. The van der Waals surface area contributed by atoms with Crippen LogP contribution in [0.4, 0.5) is 0 Å². The van der Waals surface area contributed by atoms with Crippen molar-refractivity contribution in [1.82, 2.24) is 15.5 Å². The van der Waals surface area contributed by atoms with Crippen LogP contribution in [0.3, 0.4) is 0 Å². The molecule has 1 spiro atoms. The molecule has 2 N–H and O–H groups in total. The fraction of sp³-hybridized carbons (Fsp3) is 0.667. The van der Waals surface area contributed by atoms with Gasteiger partial charge < -0.3 is 20.3 Å². The minimum absolute atomic E-state index is 0.00573. The summed E-state index contributed by atoms with van der Waals surface area (Å²) >= 11 is 0. The fourth-order valence-corrected chi connectivity index (χ4v) is 4.05. The second-order valence-corrected chi connectivity index (χ2v) is 7.59. The van der Waals surface area contributed by atoms with Crippen LogP contribution in [0.25, 0.3) is 0 Å². The van der Waals surface area contributed by atoms with Crippen molar-refractivity contribution in [2.75, 3.05) is 33.2 Å². The Hall–Kier alpha value is -1.75. The molecule has 5 nitrogen and oxygen atoms in total. The zero-order valence-corrected chi connectivity index (χ0v) is 16.6. The van der Waals surface area contributed by atoms with Crippen LogP contribution in [0.15, 0.2) is 29.3 Å². The molecule has 26 heavy (non-hydrogen) atoms. The quantitative estimate of drug-likeness (QED) is 0.605. The van der Waals surface area contributed by atoms with Gasteiger partial charge in [0.2, 0.25) is 0 Å². The lowest BCUT2D eigenvalue weighted by Gasteiger charge is -2.40. The fourth-order valence-electron chi connectivity index (χ4n) is 4.05. The molecular weight excluding hydrogens is 324 g/mol. The van der Waals surface area contributed by atoms with E-state index in [4.69, 9.17) is 9.73 Å². The first-order valence-electron chi connectivity index (χ1n) is 10.2. The highest BCUT2D eigenvalue weighted by Gasteiger charge is 2.43. The molecule has 1 aromatic rings. The number of aliphatic imine (C=N–C) groups is 1. The van der Waals surface area contributed by atoms with Crippen LogP contribution in [0.5, 0.6) is 5.75 Å². The first-order chi connectivity index (χ1) is 12.7. The molecule has 0 bridgehead atoms. The van der Waals surface area contributed by atoms with Crippen LogP contribution in [0.2, 0.25) is 0 Å². The number of fused-ring (bicyclic) bond motifs is 1. The third-order valence-corrected chi connectivity index (χ3v) is 5.66. The van der Waals surface area contributed by atoms with E-state index in [2.05, 4.69) is 60.7 Å². The number of ether oxygens (including phenoxy) is 1. The van der Waals surface area contributed by atoms with Gasteiger partial charge in [-0.25, -0.2) is 0 Å². The summed E-state index contributed by atoms with van der Waals surface area (Å²) in [5.41, 5.74) is 1.26. The molecule has 0 saturated heterocycles. The van der Waals surface area contributed by atoms with Crippen LogP contribution < -0.4 is 15.4 Å². The molecule has 1 atom stereocenters. The van der Waals surface area contributed by atoms with Crippen LogP contribution in [0, 0.1) is 0 Å². The summed E-state index contributed by atoms with van der Waals surface area (Å²) in [5, 5.41) is 7.11. The van der Waals surface area contributed by atoms with E-state index >= 15 is 0 Å². The average Bonchev–Trinajstić information content (AvgIpc) is 3.09. The molecule has 0 radical (unpaired) electrons. The number of rotatable bonds is 6. The van der Waals surface area contributed by atoms with E-state index in [1.165, 1.54) is 18.4 Å². The molecule has 1 unspecified atom stereocenters. The SMILES string of the molecule is CCNC(=NCCN(C)CC)NC1CC2(CCCC2)Oc2ccccc21. The van der Waals surface area contributed by atoms with Crippen molar-refractivity contribution < 1.29 is 4.74 Å². The second kappa shape index (κ2) is 8.76. The summed E-state index contributed by atoms with van der Waals surface area (Å²) < 4.78 is 6.47. The van der Waals surface area contributed by atoms with E-state index < -0.39 is 0 Å². The molecule has 2 aliphatic rings. The molecule has 1 saturated carbocycles. The summed E-state index contributed by atoms with van der Waals surface area (Å²) in [5.74, 6) is 1.95. The lowest BCUT2D eigenvalue weighted by molar-refractivity contribution is 0.0396. The number of para-hydroxylation sites is 1. The van der Waals surface area contributed by atoms with Crippen LogP contribution in [0.1, 0.15) is 57.6 Å². The maximum Gasteiger partial charge on any atom is 0.191 e. The minimum Gasteiger partial charge on any atom is -0.487 e. The second-order valence-electron chi connectivity index (χ2n) is 7.59. The maximum absolute atomic E-state index is 6.47. The van der Waals surface area contributed by atoms with E-state index in [1.807, 2.05) is 0 Å². The van der Waals surface area contributed by atoms with Crippen molar-refractivity contribution in [1.29, 1.82) is 0 Å². The highest BCUT2D eigenvalue weighted by atomic mass is 16.5. The number of benzene rings is 1. The van der Waals surface area contributed by atoms with E-state index in [9.17, 15) is 0 Å². The zero-order chi connectivity index (χ0) is 18.4. The lowest BCUT2D eigenvalue weighted by Crippen LogP contribution is -2.46. The Labute approximate surface area is 158 Å². The molecule has 0 aromatic heterocycles. The van der Waals surface area contributed by atoms with Gasteiger partial charge in [-0.3, -0.25) is 4.99 Å². The predicted octanol–water partition coefficient (Wildman–Crippen LogP) is 3.33. The van der Waals surface area contributed by atoms with E-state index in [1.54, 1.807) is 0 Å². The predicted molar refractivity (Wildman–Crippen MR) is 108 cm³/mol. The molecule has 3 rings (SSSR count). The van der Waals surface area contributed by atoms with E-state index in [0.29, 0.717) is 0 Å². The van der Waals surface area contributed by atoms with Gasteiger partial charge >= 0.3 is 0 Å². The Bertz CT molecular complexity index is 610. The molecule has 1 fully saturated rings. The molecule has 1 aliphatic heterocycles. The van der Waals surface area contributed by atoms with Crippen molar-refractivity contribution in [3.63, 3.8) is 0 Å². The van der Waals surface area contributed by atoms with Gasteiger partial charge in [0.15, 0.2) is 5.96 Å². The normalized spacial score (nSPS) is 21.5. The molecule has 1 aliphatic carbocycles. The lowest BCUT2D eigenvalue weighted by atomic mass is 9.86. The standard InChI is InChI=1S/C21H34N4O/c1-4-22-20(23-14-15-25(3)5-2)24-18-16-21(12-8-9-13-21)26-19-11-7-6-10-17(18)19/h6-7,10-11,18H,4-5,8-9,12-16H2,1-3H3,(H2,22,23,24). The Morgan fingerprint density at radius 2 is 2.04 bits per heavy atom. The Morgan fingerprint density at radius 3 is 2.77 bits per heavy atom. The monoisotopic (exact) mass is 358 g/mol. The van der Waals surface area contributed by atoms with Crippen LogP contribution >= 0.6 is 0 Å². The highest BCUT2D eigenvalue weighted by molar-refractivity contribution is 5.80. The maximum atomic E-state index is 6.47. The van der Waals surface area contributed by atoms with Crippen LogP contribution in [-0.4, -0.2) is 49.7 Å². The summed E-state index contributed by atoms with van der Waals surface area (Å²) in [4.78, 5) is 7.08. The number of guanidine groups is 1. The molecule has 0 amide bonds. The number of likely N-dealkylation sites (N-methyl/N-ethyl adjacent to an activating group) is 1. The van der Waals surface area contributed by atoms with Gasteiger partial charge in [0.05, 0.1) is 12.6 Å². The van der Waals surface area contributed by atoms with Gasteiger partial charge in [-0.2, -0.15) is 0 Å². The third kappa shape index (κ3) is 4.50. The number of nitrogens with one attached hydrogen (secondary N) is 2. The highest BCUT2D eigenvalue weighted by Crippen LogP contribution is 2.46. The van der Waals surface area contributed by atoms with Gasteiger partial charge in [-0.05, 0) is 52.3 Å². The van der Waals surface area contributed by atoms with Crippen molar-refractivity contribution in [2.45, 2.75) is 57.6 Å². The van der Waals surface area contributed by atoms with Gasteiger partial charge in [0.25, 0.3) is 0 Å². The van der Waals surface area contributed by atoms with E-state index in [-0.39, 0.29) is 11.6 Å². The molecule has 1 heterocycles. The summed E-state index contributed by atoms with van der Waals surface area (Å²) in [7, 11) is 2.13. The van der Waals surface area contributed by atoms with Crippen molar-refractivity contribution in [3.8, 4) is 5.75 Å². The number of hydrogen-bond donors (Lipinski definition) is 2. The van der Waals surface area contributed by atoms with Crippen LogP contribution in [-0.2, 0) is 0 Å². The van der Waals surface area contributed by atoms with Gasteiger partial charge in [-0.1, -0.05) is 25.1 Å². The topological polar surface area (TPSA) is 48.9 Å². The molecule has 144 valence electrons. The van der Waals surface area contributed by atoms with Crippen molar-refractivity contribution in [2.24, 2.45) is 4.99 Å². The van der Waals surface area contributed by atoms with Gasteiger partial charge in [0.1, 0.15) is 11.4 Å². The van der Waals surface area contributed by atoms with Gasteiger partial charge in [-0.15, -0.1) is 0 Å². The largest absolute Gasteiger partial charge is 0.487 e. The Balaban J connectivity index is 1.75. The smallest absolute Gasteiger partial charge is 0.191 e. The summed E-state index contributed by atoms with van der Waals surface area (Å²) in [6, 6.07) is 8.72. The summed E-state index contributed by atoms with van der Waals surface area (Å²) in [6.07, 6.45) is 5.88. The average molecular weight is 359 g/mol.